The standard InChI is InChI=1S/C9H9ClN2O2S/c1-3-4-11-7(9(13)14-2)8-12-5-6(10)15-8/h1,5,7,11H,4H2,2H3. The largest absolute Gasteiger partial charge is 0.468 e. The van der Waals surface area contributed by atoms with Gasteiger partial charge in [0.1, 0.15) is 9.34 Å². The van der Waals surface area contributed by atoms with Crippen molar-refractivity contribution in [2.24, 2.45) is 0 Å². The van der Waals surface area contributed by atoms with Crippen LogP contribution in [0.3, 0.4) is 0 Å². The first kappa shape index (κ1) is 12.0. The van der Waals surface area contributed by atoms with Gasteiger partial charge in [0.2, 0.25) is 0 Å². The molecule has 1 aromatic rings. The Kier molecular flexibility index (Phi) is 4.56. The number of nitrogens with zero attached hydrogens (tertiary/aromatic N) is 1. The van der Waals surface area contributed by atoms with Crippen molar-refractivity contribution in [1.29, 1.82) is 0 Å². The Hall–Kier alpha value is -1.09. The number of terminal acetylenes is 1. The lowest BCUT2D eigenvalue weighted by Gasteiger charge is -2.11. The Morgan fingerprint density at radius 2 is 2.67 bits per heavy atom. The van der Waals surface area contributed by atoms with Crippen LogP contribution in [0.15, 0.2) is 6.20 Å². The van der Waals surface area contributed by atoms with E-state index in [9.17, 15) is 4.79 Å². The zero-order valence-electron chi connectivity index (χ0n) is 7.99. The molecule has 1 rings (SSSR count). The predicted molar refractivity (Wildman–Crippen MR) is 58.7 cm³/mol. The molecule has 4 nitrogen and oxygen atoms in total. The SMILES string of the molecule is C#CCNC(C(=O)OC)c1ncc(Cl)s1. The highest BCUT2D eigenvalue weighted by atomic mass is 35.5. The van der Waals surface area contributed by atoms with E-state index in [0.717, 1.165) is 0 Å². The van der Waals surface area contributed by atoms with Crippen LogP contribution in [0.2, 0.25) is 4.34 Å². The van der Waals surface area contributed by atoms with Crippen LogP contribution in [0, 0.1) is 12.3 Å². The number of thiazole rings is 1. The highest BCUT2D eigenvalue weighted by molar-refractivity contribution is 7.16. The van der Waals surface area contributed by atoms with E-state index in [1.54, 1.807) is 0 Å². The fourth-order valence-electron chi connectivity index (χ4n) is 0.951. The zero-order valence-corrected chi connectivity index (χ0v) is 9.56. The van der Waals surface area contributed by atoms with Gasteiger partial charge in [0.05, 0.1) is 19.9 Å². The number of nitrogens with one attached hydrogen (secondary N) is 1. The van der Waals surface area contributed by atoms with Gasteiger partial charge in [-0.15, -0.1) is 17.8 Å². The maximum absolute atomic E-state index is 11.4. The van der Waals surface area contributed by atoms with Gasteiger partial charge in [0.15, 0.2) is 6.04 Å². The third kappa shape index (κ3) is 3.20. The number of aromatic nitrogens is 1. The van der Waals surface area contributed by atoms with Crippen molar-refractivity contribution in [2.45, 2.75) is 6.04 Å². The van der Waals surface area contributed by atoms with Crippen LogP contribution in [0.1, 0.15) is 11.0 Å². The molecule has 80 valence electrons. The zero-order chi connectivity index (χ0) is 11.3. The van der Waals surface area contributed by atoms with Gasteiger partial charge in [-0.05, 0) is 0 Å². The van der Waals surface area contributed by atoms with E-state index in [0.29, 0.717) is 9.34 Å². The third-order valence-corrected chi connectivity index (χ3v) is 2.77. The molecular weight excluding hydrogens is 236 g/mol. The number of ether oxygens (including phenoxy) is 1. The molecule has 0 amide bonds. The Labute approximate surface area is 96.6 Å². The maximum atomic E-state index is 11.4. The number of carbonyl (C=O) groups excluding carboxylic acids is 1. The minimum absolute atomic E-state index is 0.261. The van der Waals surface area contributed by atoms with Crippen LogP contribution in [0.4, 0.5) is 0 Å². The van der Waals surface area contributed by atoms with Gasteiger partial charge in [-0.2, -0.15) is 0 Å². The molecule has 1 atom stereocenters. The Balaban J connectivity index is 2.81. The smallest absolute Gasteiger partial charge is 0.330 e. The number of hydrogen-bond acceptors (Lipinski definition) is 5. The Morgan fingerprint density at radius 3 is 3.13 bits per heavy atom. The minimum atomic E-state index is -0.649. The fraction of sp³-hybridized carbons (Fsp3) is 0.333. The summed E-state index contributed by atoms with van der Waals surface area (Å²) in [5.41, 5.74) is 0. The second kappa shape index (κ2) is 5.71. The highest BCUT2D eigenvalue weighted by Crippen LogP contribution is 2.24. The summed E-state index contributed by atoms with van der Waals surface area (Å²) in [6.45, 7) is 0.261. The molecule has 0 aliphatic heterocycles. The number of esters is 1. The van der Waals surface area contributed by atoms with Crippen molar-refractivity contribution < 1.29 is 9.53 Å². The summed E-state index contributed by atoms with van der Waals surface area (Å²) in [5.74, 6) is 1.94. The molecule has 0 fully saturated rings. The second-order valence-corrected chi connectivity index (χ2v) is 4.24. The maximum Gasteiger partial charge on any atom is 0.330 e. The number of methoxy groups -OCH3 is 1. The van der Waals surface area contributed by atoms with Gasteiger partial charge in [-0.3, -0.25) is 5.32 Å². The topological polar surface area (TPSA) is 51.2 Å². The molecule has 1 N–H and O–H groups in total. The van der Waals surface area contributed by atoms with Crippen LogP contribution >= 0.6 is 22.9 Å². The number of hydrogen-bond donors (Lipinski definition) is 1. The molecule has 0 radical (unpaired) electrons. The van der Waals surface area contributed by atoms with Crippen LogP contribution in [-0.4, -0.2) is 24.6 Å². The Bertz CT molecular complexity index is 386. The van der Waals surface area contributed by atoms with E-state index in [2.05, 4.69) is 21.0 Å². The van der Waals surface area contributed by atoms with E-state index in [4.69, 9.17) is 18.0 Å². The summed E-state index contributed by atoms with van der Waals surface area (Å²) >= 11 is 6.93. The van der Waals surface area contributed by atoms with Crippen LogP contribution in [0.25, 0.3) is 0 Å². The van der Waals surface area contributed by atoms with E-state index >= 15 is 0 Å². The summed E-state index contributed by atoms with van der Waals surface area (Å²) in [7, 11) is 1.31. The summed E-state index contributed by atoms with van der Waals surface area (Å²) in [6, 6.07) is -0.649. The first-order valence-electron chi connectivity index (χ1n) is 4.05. The highest BCUT2D eigenvalue weighted by Gasteiger charge is 2.23. The lowest BCUT2D eigenvalue weighted by atomic mass is 10.3. The van der Waals surface area contributed by atoms with E-state index in [1.165, 1.54) is 24.6 Å². The lowest BCUT2D eigenvalue weighted by molar-refractivity contribution is -0.143. The predicted octanol–water partition coefficient (Wildman–Crippen LogP) is 1.23. The van der Waals surface area contributed by atoms with Gasteiger partial charge < -0.3 is 4.74 Å². The normalized spacial score (nSPS) is 11.8. The monoisotopic (exact) mass is 244 g/mol. The quantitative estimate of drug-likeness (QED) is 0.640. The molecule has 1 unspecified atom stereocenters. The van der Waals surface area contributed by atoms with Gasteiger partial charge in [-0.1, -0.05) is 17.5 Å². The molecule has 0 saturated heterocycles. The first-order valence-corrected chi connectivity index (χ1v) is 5.24. The van der Waals surface area contributed by atoms with Crippen LogP contribution in [0.5, 0.6) is 0 Å². The number of rotatable bonds is 4. The molecule has 0 aliphatic carbocycles. The lowest BCUT2D eigenvalue weighted by Crippen LogP contribution is -2.29. The molecule has 0 bridgehead atoms. The average Bonchev–Trinajstić information content (AvgIpc) is 2.65. The van der Waals surface area contributed by atoms with E-state index < -0.39 is 12.0 Å². The van der Waals surface area contributed by atoms with E-state index in [-0.39, 0.29) is 6.54 Å². The van der Waals surface area contributed by atoms with Gasteiger partial charge >= 0.3 is 5.97 Å². The summed E-state index contributed by atoms with van der Waals surface area (Å²) < 4.78 is 5.14. The van der Waals surface area contributed by atoms with Gasteiger partial charge in [-0.25, -0.2) is 9.78 Å². The molecule has 0 aromatic carbocycles. The number of halogens is 1. The van der Waals surface area contributed by atoms with Crippen molar-refractivity contribution in [3.05, 3.63) is 15.5 Å². The molecule has 15 heavy (non-hydrogen) atoms. The van der Waals surface area contributed by atoms with Crippen molar-refractivity contribution >= 4 is 28.9 Å². The molecular formula is C9H9ClN2O2S. The summed E-state index contributed by atoms with van der Waals surface area (Å²) in [6.07, 6.45) is 6.58. The van der Waals surface area contributed by atoms with Crippen LogP contribution in [-0.2, 0) is 9.53 Å². The fourth-order valence-corrected chi connectivity index (χ4v) is 1.94. The minimum Gasteiger partial charge on any atom is -0.468 e. The van der Waals surface area contributed by atoms with Crippen molar-refractivity contribution in [2.75, 3.05) is 13.7 Å². The molecule has 0 saturated carbocycles. The van der Waals surface area contributed by atoms with Gasteiger partial charge in [0.25, 0.3) is 0 Å². The molecule has 6 heteroatoms. The second-order valence-electron chi connectivity index (χ2n) is 2.54. The molecule has 1 aromatic heterocycles. The number of carbonyl (C=O) groups is 1. The van der Waals surface area contributed by atoms with Gasteiger partial charge in [0, 0.05) is 0 Å². The average molecular weight is 245 g/mol. The molecule has 0 spiro atoms. The van der Waals surface area contributed by atoms with Crippen molar-refractivity contribution in [1.82, 2.24) is 10.3 Å². The third-order valence-electron chi connectivity index (χ3n) is 1.59. The van der Waals surface area contributed by atoms with Crippen molar-refractivity contribution in [3.63, 3.8) is 0 Å². The van der Waals surface area contributed by atoms with E-state index in [1.807, 2.05) is 0 Å². The summed E-state index contributed by atoms with van der Waals surface area (Å²) in [4.78, 5) is 15.4. The Morgan fingerprint density at radius 1 is 1.93 bits per heavy atom. The van der Waals surface area contributed by atoms with Crippen LogP contribution < -0.4 is 5.32 Å². The molecule has 1 heterocycles. The molecule has 0 aliphatic rings. The summed E-state index contributed by atoms with van der Waals surface area (Å²) in [5, 5.41) is 3.37. The van der Waals surface area contributed by atoms with Crippen molar-refractivity contribution in [3.8, 4) is 12.3 Å². The first-order chi connectivity index (χ1) is 7.19.